The third kappa shape index (κ3) is 4.11. The Morgan fingerprint density at radius 3 is 2.48 bits per heavy atom. The van der Waals surface area contributed by atoms with E-state index in [9.17, 15) is 9.90 Å². The summed E-state index contributed by atoms with van der Waals surface area (Å²) in [6, 6.07) is 0. The Morgan fingerprint density at radius 2 is 1.82 bits per heavy atom. The lowest BCUT2D eigenvalue weighted by atomic mass is 9.45. The quantitative estimate of drug-likeness (QED) is 0.378. The number of hydrogen-bond donors (Lipinski definition) is 1. The van der Waals surface area contributed by atoms with Gasteiger partial charge in [-0.3, -0.25) is 4.79 Å². The molecular formula is C31H50O2. The van der Waals surface area contributed by atoms with E-state index in [4.69, 9.17) is 0 Å². The molecule has 2 heteroatoms. The minimum Gasteiger partial charge on any atom is -0.393 e. The van der Waals surface area contributed by atoms with Gasteiger partial charge in [0.2, 0.25) is 0 Å². The van der Waals surface area contributed by atoms with Crippen LogP contribution in [0.25, 0.3) is 0 Å². The zero-order valence-corrected chi connectivity index (χ0v) is 22.1. The second kappa shape index (κ2) is 10.00. The first-order chi connectivity index (χ1) is 15.9. The second-order valence-electron chi connectivity index (χ2n) is 12.2. The molecule has 3 fully saturated rings. The minimum absolute atomic E-state index is 0.176. The predicted octanol–water partition coefficient (Wildman–Crippen LogP) is 7.90. The molecule has 0 bridgehead atoms. The van der Waals surface area contributed by atoms with Gasteiger partial charge >= 0.3 is 0 Å². The van der Waals surface area contributed by atoms with Crippen molar-refractivity contribution in [3.63, 3.8) is 0 Å². The summed E-state index contributed by atoms with van der Waals surface area (Å²) in [6.45, 7) is 11.8. The van der Waals surface area contributed by atoms with E-state index in [1.54, 1.807) is 0 Å². The van der Waals surface area contributed by atoms with Gasteiger partial charge in [0, 0.05) is 5.92 Å². The van der Waals surface area contributed by atoms with Crippen LogP contribution in [0.4, 0.5) is 0 Å². The minimum atomic E-state index is -0.248. The molecule has 0 saturated heterocycles. The number of fused-ring (bicyclic) bond motifs is 5. The van der Waals surface area contributed by atoms with Crippen molar-refractivity contribution >= 4 is 5.78 Å². The smallest absolute Gasteiger partial charge is 0.159 e. The fourth-order valence-electron chi connectivity index (χ4n) is 9.50. The van der Waals surface area contributed by atoms with Crippen LogP contribution in [-0.2, 0) is 4.79 Å². The molecule has 2 nitrogen and oxygen atoms in total. The molecule has 1 N–H and O–H groups in total. The molecule has 0 aromatic heterocycles. The van der Waals surface area contributed by atoms with Crippen molar-refractivity contribution in [3.8, 4) is 0 Å². The molecule has 186 valence electrons. The molecule has 0 aromatic rings. The van der Waals surface area contributed by atoms with Gasteiger partial charge in [0.15, 0.2) is 5.78 Å². The Bertz CT molecular complexity index is 765. The summed E-state index contributed by atoms with van der Waals surface area (Å²) in [7, 11) is 0. The van der Waals surface area contributed by atoms with Crippen molar-refractivity contribution in [3.05, 3.63) is 23.8 Å². The van der Waals surface area contributed by atoms with Gasteiger partial charge in [-0.1, -0.05) is 58.8 Å². The summed E-state index contributed by atoms with van der Waals surface area (Å²) in [5, 5.41) is 10.4. The molecule has 9 atom stereocenters. The lowest BCUT2D eigenvalue weighted by Gasteiger charge is -2.59. The molecular weight excluding hydrogens is 404 g/mol. The largest absolute Gasteiger partial charge is 0.393 e. The molecule has 0 aromatic carbocycles. The summed E-state index contributed by atoms with van der Waals surface area (Å²) in [4.78, 5) is 13.7. The van der Waals surface area contributed by atoms with Crippen molar-refractivity contribution < 1.29 is 9.90 Å². The number of allylic oxidation sites excluding steroid dienone is 3. The van der Waals surface area contributed by atoms with Crippen molar-refractivity contribution in [2.45, 2.75) is 118 Å². The van der Waals surface area contributed by atoms with Crippen molar-refractivity contribution in [1.29, 1.82) is 0 Å². The highest BCUT2D eigenvalue weighted by molar-refractivity contribution is 5.94. The molecule has 33 heavy (non-hydrogen) atoms. The van der Waals surface area contributed by atoms with Crippen LogP contribution in [0.2, 0.25) is 0 Å². The van der Waals surface area contributed by atoms with Gasteiger partial charge in [0.1, 0.15) is 0 Å². The maximum absolute atomic E-state index is 13.7. The monoisotopic (exact) mass is 454 g/mol. The summed E-state index contributed by atoms with van der Waals surface area (Å²) in [6.07, 6.45) is 20.8. The van der Waals surface area contributed by atoms with E-state index in [-0.39, 0.29) is 17.4 Å². The van der Waals surface area contributed by atoms with Gasteiger partial charge < -0.3 is 5.11 Å². The Kier molecular flexibility index (Phi) is 7.64. The first kappa shape index (κ1) is 25.2. The highest BCUT2D eigenvalue weighted by atomic mass is 16.3. The van der Waals surface area contributed by atoms with Crippen molar-refractivity contribution in [2.24, 2.45) is 46.3 Å². The van der Waals surface area contributed by atoms with Gasteiger partial charge in [-0.15, -0.1) is 0 Å². The summed E-state index contributed by atoms with van der Waals surface area (Å²) in [5.74, 6) is 3.75. The summed E-state index contributed by atoms with van der Waals surface area (Å²) in [5.41, 5.74) is 1.81. The van der Waals surface area contributed by atoms with E-state index < -0.39 is 0 Å². The summed E-state index contributed by atoms with van der Waals surface area (Å²) >= 11 is 0. The number of carbonyl (C=O) groups is 1. The van der Waals surface area contributed by atoms with E-state index in [1.807, 2.05) is 6.08 Å². The lowest BCUT2D eigenvalue weighted by molar-refractivity contribution is -0.137. The van der Waals surface area contributed by atoms with Crippen LogP contribution >= 0.6 is 0 Å². The third-order valence-corrected chi connectivity index (χ3v) is 11.1. The van der Waals surface area contributed by atoms with Gasteiger partial charge in [-0.2, -0.15) is 0 Å². The van der Waals surface area contributed by atoms with E-state index >= 15 is 0 Å². The third-order valence-electron chi connectivity index (χ3n) is 11.1. The Hall–Kier alpha value is -0.890. The highest BCUT2D eigenvalue weighted by Gasteiger charge is 2.62. The maximum atomic E-state index is 13.7. The van der Waals surface area contributed by atoms with Crippen LogP contribution in [0.3, 0.4) is 0 Å². The highest BCUT2D eigenvalue weighted by Crippen LogP contribution is 2.68. The first-order valence-electron chi connectivity index (χ1n) is 14.5. The van der Waals surface area contributed by atoms with Crippen molar-refractivity contribution in [1.82, 2.24) is 0 Å². The van der Waals surface area contributed by atoms with E-state index in [0.717, 1.165) is 31.6 Å². The molecule has 0 radical (unpaired) electrons. The Labute approximate surface area is 203 Å². The molecule has 0 spiro atoms. The van der Waals surface area contributed by atoms with Gasteiger partial charge in [-0.25, -0.2) is 0 Å². The second-order valence-corrected chi connectivity index (χ2v) is 12.2. The Morgan fingerprint density at radius 1 is 1.03 bits per heavy atom. The number of aliphatic hydroxyl groups excluding tert-OH is 1. The van der Waals surface area contributed by atoms with Crippen LogP contribution in [0, 0.1) is 46.3 Å². The van der Waals surface area contributed by atoms with E-state index in [2.05, 4.69) is 46.8 Å². The van der Waals surface area contributed by atoms with Crippen LogP contribution in [-0.4, -0.2) is 17.0 Å². The number of rotatable bonds is 8. The van der Waals surface area contributed by atoms with Crippen molar-refractivity contribution in [2.75, 3.05) is 0 Å². The molecule has 0 amide bonds. The van der Waals surface area contributed by atoms with Gasteiger partial charge in [0.25, 0.3) is 0 Å². The van der Waals surface area contributed by atoms with Gasteiger partial charge in [0.05, 0.1) is 6.10 Å². The number of hydrogen-bond acceptors (Lipinski definition) is 2. The maximum Gasteiger partial charge on any atom is 0.159 e. The Balaban J connectivity index is 1.65. The lowest BCUT2D eigenvalue weighted by Crippen LogP contribution is -2.55. The average molecular weight is 455 g/mol. The fraction of sp³-hybridized carbons (Fsp3) is 0.839. The molecule has 0 unspecified atom stereocenters. The summed E-state index contributed by atoms with van der Waals surface area (Å²) < 4.78 is 0. The van der Waals surface area contributed by atoms with E-state index in [1.165, 1.54) is 56.9 Å². The average Bonchev–Trinajstić information content (AvgIpc) is 3.19. The topological polar surface area (TPSA) is 37.3 Å². The SMILES string of the molecule is CCC[C@H](C)/C=C/[C@H](CC)[C@@H]1CC[C@@H]2[C@H]3C(=O)C=C4C[C@@H](O)CC[C@]4(CC)[C@H]3CC[C@@]21CC. The first-order valence-corrected chi connectivity index (χ1v) is 14.5. The number of ketones is 1. The predicted molar refractivity (Wildman–Crippen MR) is 138 cm³/mol. The normalized spacial score (nSPS) is 42.4. The number of aliphatic hydroxyl groups is 1. The van der Waals surface area contributed by atoms with Crippen LogP contribution in [0.5, 0.6) is 0 Å². The molecule has 3 saturated carbocycles. The van der Waals surface area contributed by atoms with Gasteiger partial charge in [-0.05, 0) is 117 Å². The zero-order chi connectivity index (χ0) is 23.8. The number of carbonyl (C=O) groups excluding carboxylic acids is 1. The molecule has 4 aliphatic carbocycles. The zero-order valence-electron chi connectivity index (χ0n) is 22.1. The standard InChI is InChI=1S/C31H50O2/c1-6-10-21(5)11-12-22(7-2)25-13-14-26-29-27(16-18-31(25,26)9-4)30(8-3)17-15-24(32)19-23(30)20-28(29)33/h11-12,20-22,24-27,29,32H,6-10,13-19H2,1-5H3/b12-11+/t21-,22-,24-,25-,26+,27-,29+,30-,31+/m0/s1. The molecule has 4 rings (SSSR count). The van der Waals surface area contributed by atoms with E-state index in [0.29, 0.717) is 34.9 Å². The molecule has 0 aliphatic heterocycles. The van der Waals surface area contributed by atoms with Crippen LogP contribution in [0.15, 0.2) is 23.8 Å². The molecule has 0 heterocycles. The molecule has 4 aliphatic rings. The van der Waals surface area contributed by atoms with Crippen LogP contribution in [0.1, 0.15) is 112 Å². The fourth-order valence-corrected chi connectivity index (χ4v) is 9.50. The van der Waals surface area contributed by atoms with Crippen LogP contribution < -0.4 is 0 Å².